The topological polar surface area (TPSA) is 61.0 Å². The number of nitrogen functional groups attached to an aromatic ring is 1. The van der Waals surface area contributed by atoms with Gasteiger partial charge in [-0.1, -0.05) is 20.8 Å². The van der Waals surface area contributed by atoms with Crippen molar-refractivity contribution in [3.63, 3.8) is 0 Å². The first-order valence-electron chi connectivity index (χ1n) is 6.86. The van der Waals surface area contributed by atoms with Crippen LogP contribution in [0, 0.1) is 11.8 Å². The minimum Gasteiger partial charge on any atom is -0.474 e. The third kappa shape index (κ3) is 2.92. The third-order valence-electron chi connectivity index (χ3n) is 3.71. The number of hydrogen-bond acceptors (Lipinski definition) is 4. The monoisotopic (exact) mass is 249 g/mol. The third-order valence-corrected chi connectivity index (χ3v) is 3.71. The number of aromatic nitrogens is 2. The molecule has 1 aromatic heterocycles. The Balaban J connectivity index is 2.11. The van der Waals surface area contributed by atoms with Crippen molar-refractivity contribution < 1.29 is 4.74 Å². The largest absolute Gasteiger partial charge is 0.474 e. The molecule has 1 aliphatic rings. The van der Waals surface area contributed by atoms with Crippen molar-refractivity contribution in [3.05, 3.63) is 11.9 Å². The number of rotatable bonds is 3. The van der Waals surface area contributed by atoms with Crippen LogP contribution in [0.3, 0.4) is 0 Å². The standard InChI is InChI=1S/C14H23N3O/c1-4-12-13(15)16-8-17-14(12)18-11-6-9(2)5-10(3)7-11/h8-11H,4-7H2,1-3H3,(H2,15,16,17). The Morgan fingerprint density at radius 2 is 1.89 bits per heavy atom. The Morgan fingerprint density at radius 1 is 1.22 bits per heavy atom. The van der Waals surface area contributed by atoms with E-state index >= 15 is 0 Å². The van der Waals surface area contributed by atoms with Gasteiger partial charge in [0.15, 0.2) is 0 Å². The molecule has 1 aromatic rings. The summed E-state index contributed by atoms with van der Waals surface area (Å²) in [6.45, 7) is 6.64. The van der Waals surface area contributed by atoms with E-state index in [1.165, 1.54) is 12.7 Å². The van der Waals surface area contributed by atoms with Crippen molar-refractivity contribution in [2.45, 2.75) is 52.6 Å². The van der Waals surface area contributed by atoms with Gasteiger partial charge in [-0.2, -0.15) is 0 Å². The molecule has 18 heavy (non-hydrogen) atoms. The summed E-state index contributed by atoms with van der Waals surface area (Å²) in [6, 6.07) is 0. The maximum atomic E-state index is 6.07. The van der Waals surface area contributed by atoms with E-state index < -0.39 is 0 Å². The van der Waals surface area contributed by atoms with E-state index in [2.05, 4.69) is 23.8 Å². The quantitative estimate of drug-likeness (QED) is 0.894. The lowest BCUT2D eigenvalue weighted by Gasteiger charge is -2.31. The van der Waals surface area contributed by atoms with Gasteiger partial charge in [-0.25, -0.2) is 9.97 Å². The molecule has 2 unspecified atom stereocenters. The van der Waals surface area contributed by atoms with Crippen LogP contribution in [-0.4, -0.2) is 16.1 Å². The van der Waals surface area contributed by atoms with Gasteiger partial charge in [-0.15, -0.1) is 0 Å². The molecule has 0 bridgehead atoms. The van der Waals surface area contributed by atoms with E-state index in [9.17, 15) is 0 Å². The highest BCUT2D eigenvalue weighted by Gasteiger charge is 2.26. The Kier molecular flexibility index (Phi) is 4.04. The molecule has 0 saturated heterocycles. The molecule has 0 spiro atoms. The lowest BCUT2D eigenvalue weighted by Crippen LogP contribution is -2.29. The number of nitrogens with two attached hydrogens (primary N) is 1. The summed E-state index contributed by atoms with van der Waals surface area (Å²) in [5.41, 5.74) is 6.79. The maximum Gasteiger partial charge on any atom is 0.222 e. The number of ether oxygens (including phenoxy) is 1. The second-order valence-corrected chi connectivity index (χ2v) is 5.55. The van der Waals surface area contributed by atoms with Crippen LogP contribution in [0.25, 0.3) is 0 Å². The first-order chi connectivity index (χ1) is 8.60. The smallest absolute Gasteiger partial charge is 0.222 e. The lowest BCUT2D eigenvalue weighted by atomic mass is 9.82. The van der Waals surface area contributed by atoms with Crippen LogP contribution in [0.5, 0.6) is 5.88 Å². The second-order valence-electron chi connectivity index (χ2n) is 5.55. The molecule has 100 valence electrons. The highest BCUT2D eigenvalue weighted by atomic mass is 16.5. The fourth-order valence-electron chi connectivity index (χ4n) is 2.97. The van der Waals surface area contributed by atoms with Crippen molar-refractivity contribution in [2.75, 3.05) is 5.73 Å². The van der Waals surface area contributed by atoms with Crippen LogP contribution >= 0.6 is 0 Å². The molecule has 4 nitrogen and oxygen atoms in total. The normalized spacial score (nSPS) is 28.1. The van der Waals surface area contributed by atoms with Crippen molar-refractivity contribution >= 4 is 5.82 Å². The number of hydrogen-bond donors (Lipinski definition) is 1. The first kappa shape index (κ1) is 13.1. The molecule has 1 saturated carbocycles. The molecule has 2 rings (SSSR count). The van der Waals surface area contributed by atoms with Gasteiger partial charge in [0, 0.05) is 0 Å². The Bertz CT molecular complexity index is 398. The van der Waals surface area contributed by atoms with Crippen molar-refractivity contribution in [1.82, 2.24) is 9.97 Å². The number of nitrogens with zero attached hydrogens (tertiary/aromatic N) is 2. The molecular formula is C14H23N3O. The minimum atomic E-state index is 0.267. The first-order valence-corrected chi connectivity index (χ1v) is 6.86. The molecule has 0 aliphatic heterocycles. The molecule has 0 radical (unpaired) electrons. The van der Waals surface area contributed by atoms with Gasteiger partial charge in [0.05, 0.1) is 5.56 Å². The molecule has 0 amide bonds. The van der Waals surface area contributed by atoms with Crippen LogP contribution in [0.4, 0.5) is 5.82 Å². The average Bonchev–Trinajstić information content (AvgIpc) is 2.27. The van der Waals surface area contributed by atoms with Gasteiger partial charge in [-0.05, 0) is 37.5 Å². The SMILES string of the molecule is CCc1c(N)ncnc1OC1CC(C)CC(C)C1. The second kappa shape index (κ2) is 5.55. The van der Waals surface area contributed by atoms with Crippen molar-refractivity contribution in [3.8, 4) is 5.88 Å². The molecular weight excluding hydrogens is 226 g/mol. The van der Waals surface area contributed by atoms with E-state index in [4.69, 9.17) is 10.5 Å². The summed E-state index contributed by atoms with van der Waals surface area (Å²) in [5, 5.41) is 0. The highest BCUT2D eigenvalue weighted by molar-refractivity contribution is 5.44. The summed E-state index contributed by atoms with van der Waals surface area (Å²) >= 11 is 0. The zero-order valence-electron chi connectivity index (χ0n) is 11.5. The summed E-state index contributed by atoms with van der Waals surface area (Å²) in [5.74, 6) is 2.67. The maximum absolute atomic E-state index is 6.07. The zero-order valence-corrected chi connectivity index (χ0v) is 11.5. The molecule has 1 heterocycles. The van der Waals surface area contributed by atoms with E-state index in [0.29, 0.717) is 11.7 Å². The summed E-state index contributed by atoms with van der Waals surface area (Å²) in [7, 11) is 0. The highest BCUT2D eigenvalue weighted by Crippen LogP contribution is 2.32. The summed E-state index contributed by atoms with van der Waals surface area (Å²) < 4.78 is 6.07. The van der Waals surface area contributed by atoms with Crippen molar-refractivity contribution in [2.24, 2.45) is 11.8 Å². The fraction of sp³-hybridized carbons (Fsp3) is 0.714. The Labute approximate surface area is 109 Å². The van der Waals surface area contributed by atoms with E-state index in [-0.39, 0.29) is 6.10 Å². The van der Waals surface area contributed by atoms with Crippen LogP contribution in [0.2, 0.25) is 0 Å². The van der Waals surface area contributed by atoms with Crippen LogP contribution in [0.1, 0.15) is 45.6 Å². The molecule has 2 N–H and O–H groups in total. The van der Waals surface area contributed by atoms with E-state index in [1.54, 1.807) is 0 Å². The molecule has 0 aromatic carbocycles. The predicted molar refractivity (Wildman–Crippen MR) is 72.4 cm³/mol. The van der Waals surface area contributed by atoms with Crippen LogP contribution in [-0.2, 0) is 6.42 Å². The molecule has 1 aliphatic carbocycles. The minimum absolute atomic E-state index is 0.267. The van der Waals surface area contributed by atoms with Crippen molar-refractivity contribution in [1.29, 1.82) is 0 Å². The van der Waals surface area contributed by atoms with E-state index in [0.717, 1.165) is 36.7 Å². The predicted octanol–water partition coefficient (Wildman–Crippen LogP) is 2.82. The van der Waals surface area contributed by atoms with E-state index in [1.807, 2.05) is 6.92 Å². The van der Waals surface area contributed by atoms with Gasteiger partial charge < -0.3 is 10.5 Å². The summed E-state index contributed by atoms with van der Waals surface area (Å²) in [6.07, 6.45) is 6.07. The Hall–Kier alpha value is -1.32. The summed E-state index contributed by atoms with van der Waals surface area (Å²) in [4.78, 5) is 8.26. The van der Waals surface area contributed by atoms with Gasteiger partial charge in [-0.3, -0.25) is 0 Å². The van der Waals surface area contributed by atoms with Gasteiger partial charge >= 0.3 is 0 Å². The number of anilines is 1. The fourth-order valence-corrected chi connectivity index (χ4v) is 2.97. The van der Waals surface area contributed by atoms with Crippen LogP contribution in [0.15, 0.2) is 6.33 Å². The van der Waals surface area contributed by atoms with Crippen LogP contribution < -0.4 is 10.5 Å². The molecule has 2 atom stereocenters. The molecule has 1 fully saturated rings. The zero-order chi connectivity index (χ0) is 13.1. The van der Waals surface area contributed by atoms with Gasteiger partial charge in [0.25, 0.3) is 0 Å². The Morgan fingerprint density at radius 3 is 2.50 bits per heavy atom. The average molecular weight is 249 g/mol. The van der Waals surface area contributed by atoms with Gasteiger partial charge in [0.1, 0.15) is 18.2 Å². The van der Waals surface area contributed by atoms with Gasteiger partial charge in [0.2, 0.25) is 5.88 Å². The lowest BCUT2D eigenvalue weighted by molar-refractivity contribution is 0.0957. The molecule has 4 heteroatoms.